The molecule has 0 spiro atoms. The molecule has 0 aliphatic carbocycles. The van der Waals surface area contributed by atoms with Gasteiger partial charge in [0.25, 0.3) is 5.56 Å². The molecule has 188 valence electrons. The lowest BCUT2D eigenvalue weighted by molar-refractivity contribution is 0.126. The Kier molecular flexibility index (Phi) is 6.44. The molecule has 1 fully saturated rings. The summed E-state index contributed by atoms with van der Waals surface area (Å²) in [6.45, 7) is 5.11. The molecule has 7 nitrogen and oxygen atoms in total. The zero-order valence-electron chi connectivity index (χ0n) is 20.8. The van der Waals surface area contributed by atoms with E-state index in [9.17, 15) is 14.4 Å². The van der Waals surface area contributed by atoms with E-state index in [4.69, 9.17) is 0 Å². The average molecular weight is 501 g/mol. The lowest BCUT2D eigenvalue weighted by Crippen LogP contribution is -2.58. The van der Waals surface area contributed by atoms with Crippen molar-refractivity contribution in [1.82, 2.24) is 19.4 Å². The highest BCUT2D eigenvalue weighted by atomic mass is 19.1. The van der Waals surface area contributed by atoms with Crippen molar-refractivity contribution in [1.29, 1.82) is 5.26 Å². The maximum Gasteiger partial charge on any atom is 0.252 e. The van der Waals surface area contributed by atoms with Crippen molar-refractivity contribution in [2.45, 2.75) is 32.0 Å². The minimum atomic E-state index is -0.631. The fraction of sp³-hybridized carbons (Fsp3) is 0.286. The van der Waals surface area contributed by atoms with Gasteiger partial charge in [-0.1, -0.05) is 12.1 Å². The first kappa shape index (κ1) is 24.5. The Labute approximate surface area is 213 Å². The summed E-state index contributed by atoms with van der Waals surface area (Å²) in [7, 11) is 1.68. The fourth-order valence-corrected chi connectivity index (χ4v) is 5.21. The number of nitrogens with zero attached hydrogens (tertiary/aromatic N) is 6. The molecule has 4 aromatic rings. The minimum Gasteiger partial charge on any atom is -0.364 e. The van der Waals surface area contributed by atoms with E-state index in [2.05, 4.69) is 25.8 Å². The Hall–Kier alpha value is -4.16. The van der Waals surface area contributed by atoms with Crippen molar-refractivity contribution < 1.29 is 8.78 Å². The van der Waals surface area contributed by atoms with Crippen LogP contribution >= 0.6 is 0 Å². The highest BCUT2D eigenvalue weighted by Gasteiger charge is 2.37. The molecule has 3 atom stereocenters. The van der Waals surface area contributed by atoms with Crippen LogP contribution in [0.1, 0.15) is 36.8 Å². The Bertz CT molecular complexity index is 1570. The number of hydrogen-bond donors (Lipinski definition) is 0. The summed E-state index contributed by atoms with van der Waals surface area (Å²) in [5.41, 5.74) is 3.01. The lowest BCUT2D eigenvalue weighted by atomic mass is 9.95. The molecule has 1 aromatic carbocycles. The van der Waals surface area contributed by atoms with Gasteiger partial charge in [-0.15, -0.1) is 0 Å². The van der Waals surface area contributed by atoms with Gasteiger partial charge < -0.3 is 9.47 Å². The van der Waals surface area contributed by atoms with Crippen molar-refractivity contribution in [3.8, 4) is 6.07 Å². The number of benzene rings is 1. The number of halogens is 2. The van der Waals surface area contributed by atoms with Gasteiger partial charge in [-0.25, -0.2) is 13.8 Å². The summed E-state index contributed by atoms with van der Waals surface area (Å²) in [5.74, 6) is -1.25. The number of rotatable bonds is 4. The first-order valence-electron chi connectivity index (χ1n) is 12.1. The molecule has 1 saturated heterocycles. The van der Waals surface area contributed by atoms with Crippen molar-refractivity contribution in [2.75, 3.05) is 18.0 Å². The van der Waals surface area contributed by atoms with Gasteiger partial charge in [0.1, 0.15) is 28.9 Å². The molecule has 1 aliphatic rings. The van der Waals surface area contributed by atoms with Crippen LogP contribution in [0.15, 0.2) is 65.6 Å². The maximum atomic E-state index is 15.1. The highest BCUT2D eigenvalue weighted by molar-refractivity contribution is 5.89. The van der Waals surface area contributed by atoms with E-state index in [1.807, 2.05) is 26.0 Å². The second kappa shape index (κ2) is 9.71. The molecule has 0 saturated carbocycles. The summed E-state index contributed by atoms with van der Waals surface area (Å²) in [6, 6.07) is 15.4. The molecule has 9 heteroatoms. The van der Waals surface area contributed by atoms with E-state index < -0.39 is 17.7 Å². The molecule has 4 heterocycles. The van der Waals surface area contributed by atoms with Gasteiger partial charge in [0, 0.05) is 56.1 Å². The zero-order valence-corrected chi connectivity index (χ0v) is 20.8. The Balaban J connectivity index is 1.57. The third-order valence-electron chi connectivity index (χ3n) is 7.08. The third-order valence-corrected chi connectivity index (χ3v) is 7.08. The molecular weight excluding hydrogens is 474 g/mol. The van der Waals surface area contributed by atoms with Crippen molar-refractivity contribution in [3.63, 3.8) is 0 Å². The first-order valence-corrected chi connectivity index (χ1v) is 12.1. The van der Waals surface area contributed by atoms with Crippen LogP contribution in [0.4, 0.5) is 14.5 Å². The number of nitriles is 1. The number of aromatic nitrogens is 3. The molecule has 1 unspecified atom stereocenters. The van der Waals surface area contributed by atoms with Gasteiger partial charge in [0.15, 0.2) is 0 Å². The van der Waals surface area contributed by atoms with E-state index in [-0.39, 0.29) is 23.3 Å². The molecule has 5 rings (SSSR count). The van der Waals surface area contributed by atoms with Gasteiger partial charge in [0.05, 0.1) is 22.9 Å². The van der Waals surface area contributed by atoms with E-state index in [0.717, 1.165) is 6.07 Å². The number of pyridine rings is 3. The van der Waals surface area contributed by atoms with E-state index in [1.54, 1.807) is 37.5 Å². The number of anilines is 1. The average Bonchev–Trinajstić information content (AvgIpc) is 2.89. The lowest BCUT2D eigenvalue weighted by Gasteiger charge is -2.48. The van der Waals surface area contributed by atoms with Gasteiger partial charge in [0.2, 0.25) is 0 Å². The van der Waals surface area contributed by atoms with Crippen LogP contribution in [-0.4, -0.2) is 44.6 Å². The smallest absolute Gasteiger partial charge is 0.252 e. The van der Waals surface area contributed by atoms with E-state index in [1.165, 1.54) is 16.7 Å². The number of fused-ring (bicyclic) bond motifs is 1. The van der Waals surface area contributed by atoms with Crippen LogP contribution in [0.3, 0.4) is 0 Å². The molecule has 1 aliphatic heterocycles. The normalized spacial score (nSPS) is 19.1. The van der Waals surface area contributed by atoms with E-state index >= 15 is 4.39 Å². The van der Waals surface area contributed by atoms with E-state index in [0.29, 0.717) is 41.1 Å². The Morgan fingerprint density at radius 3 is 2.57 bits per heavy atom. The van der Waals surface area contributed by atoms with Crippen molar-refractivity contribution >= 4 is 16.7 Å². The molecule has 0 radical (unpaired) electrons. The SMILES string of the molecule is C[C@@H]1CN(c2cc(=O)n(C)c3ccc(C#N)nc23)[C@@H](C)CN1C(c1ccccn1)c1ccc(F)cc1F. The fourth-order valence-electron chi connectivity index (χ4n) is 5.21. The van der Waals surface area contributed by atoms with Crippen LogP contribution in [0.25, 0.3) is 11.0 Å². The summed E-state index contributed by atoms with van der Waals surface area (Å²) >= 11 is 0. The zero-order chi connectivity index (χ0) is 26.3. The summed E-state index contributed by atoms with van der Waals surface area (Å²) in [5, 5.41) is 9.41. The Morgan fingerprint density at radius 2 is 1.86 bits per heavy atom. The molecule has 0 N–H and O–H groups in total. The van der Waals surface area contributed by atoms with Crippen molar-refractivity contribution in [2.24, 2.45) is 7.05 Å². The number of piperazine rings is 1. The van der Waals surface area contributed by atoms with Crippen LogP contribution < -0.4 is 10.5 Å². The minimum absolute atomic E-state index is 0.0891. The van der Waals surface area contributed by atoms with Crippen LogP contribution in [0.5, 0.6) is 0 Å². The van der Waals surface area contributed by atoms with Crippen LogP contribution in [-0.2, 0) is 7.05 Å². The topological polar surface area (TPSA) is 78.0 Å². The van der Waals surface area contributed by atoms with Crippen LogP contribution in [0.2, 0.25) is 0 Å². The predicted octanol–water partition coefficient (Wildman–Crippen LogP) is 4.17. The van der Waals surface area contributed by atoms with Crippen LogP contribution in [0, 0.1) is 23.0 Å². The van der Waals surface area contributed by atoms with Gasteiger partial charge >= 0.3 is 0 Å². The number of aryl methyl sites for hydroxylation is 1. The Morgan fingerprint density at radius 1 is 1.05 bits per heavy atom. The predicted molar refractivity (Wildman–Crippen MR) is 137 cm³/mol. The number of hydrogen-bond acceptors (Lipinski definition) is 6. The second-order valence-corrected chi connectivity index (χ2v) is 9.47. The first-order chi connectivity index (χ1) is 17.8. The molecule has 3 aromatic heterocycles. The van der Waals surface area contributed by atoms with Gasteiger partial charge in [-0.2, -0.15) is 5.26 Å². The molecule has 37 heavy (non-hydrogen) atoms. The molecule has 0 bridgehead atoms. The standard InChI is InChI=1S/C28H26F2N6O/c1-17-16-36(28(23-6-4-5-11-32-23)21-9-7-19(29)12-22(21)30)18(2)15-35(17)25-13-26(37)34(3)24-10-8-20(14-31)33-27(24)25/h4-13,17-18,28H,15-16H2,1-3H3/t17-,18+,28?/m0/s1. The maximum absolute atomic E-state index is 15.1. The summed E-state index contributed by atoms with van der Waals surface area (Å²) < 4.78 is 30.3. The second-order valence-electron chi connectivity index (χ2n) is 9.47. The van der Waals surface area contributed by atoms with Gasteiger partial charge in [-0.3, -0.25) is 14.7 Å². The molecule has 0 amide bonds. The summed E-state index contributed by atoms with van der Waals surface area (Å²) in [4.78, 5) is 26.1. The molecular formula is C28H26F2N6O. The van der Waals surface area contributed by atoms with Crippen molar-refractivity contribution in [3.05, 3.63) is 99.7 Å². The van der Waals surface area contributed by atoms with Gasteiger partial charge in [-0.05, 0) is 44.2 Å². The largest absolute Gasteiger partial charge is 0.364 e. The highest BCUT2D eigenvalue weighted by Crippen LogP contribution is 2.36. The summed E-state index contributed by atoms with van der Waals surface area (Å²) in [6.07, 6.45) is 1.67. The third kappa shape index (κ3) is 4.45. The quantitative estimate of drug-likeness (QED) is 0.419. The monoisotopic (exact) mass is 500 g/mol.